The highest BCUT2D eigenvalue weighted by Gasteiger charge is 2.31. The van der Waals surface area contributed by atoms with Crippen LogP contribution in [-0.2, 0) is 6.54 Å². The minimum atomic E-state index is -0.146. The maximum absolute atomic E-state index is 12.2. The molecule has 1 aromatic rings. The average molecular weight is 256 g/mol. The molecule has 1 fully saturated rings. The number of carbonyl (C=O) groups excluding carboxylic acids is 1. The number of carbonyl (C=O) groups is 1. The maximum Gasteiger partial charge on any atom is 0.268 e. The quantitative estimate of drug-likeness (QED) is 0.863. The van der Waals surface area contributed by atoms with Gasteiger partial charge in [-0.1, -0.05) is 11.6 Å². The third-order valence-electron chi connectivity index (χ3n) is 3.22. The molecule has 0 spiro atoms. The van der Waals surface area contributed by atoms with E-state index in [9.17, 15) is 4.79 Å². The molecular weight excluding hydrogens is 238 g/mol. The van der Waals surface area contributed by atoms with E-state index in [4.69, 9.17) is 11.6 Å². The third kappa shape index (κ3) is 2.64. The standard InChI is InChI=1S/C12H18ClN3O/c1-3-16-7-9(13)6-10(16)11(17)15-12(2)4-5-14-8-12/h6-7,14H,3-5,8H2,1-2H3,(H,15,17). The molecule has 1 saturated heterocycles. The van der Waals surface area contributed by atoms with Crippen molar-refractivity contribution in [3.05, 3.63) is 23.0 Å². The van der Waals surface area contributed by atoms with Crippen LogP contribution in [0.15, 0.2) is 12.3 Å². The summed E-state index contributed by atoms with van der Waals surface area (Å²) in [6, 6.07) is 1.71. The van der Waals surface area contributed by atoms with Crippen molar-refractivity contribution in [3.8, 4) is 0 Å². The lowest BCUT2D eigenvalue weighted by molar-refractivity contribution is 0.0903. The van der Waals surface area contributed by atoms with Crippen LogP contribution >= 0.6 is 11.6 Å². The number of nitrogens with zero attached hydrogens (tertiary/aromatic N) is 1. The minimum absolute atomic E-state index is 0.0510. The molecule has 0 aromatic carbocycles. The number of aromatic nitrogens is 1. The molecular formula is C12H18ClN3O. The van der Waals surface area contributed by atoms with E-state index in [0.717, 1.165) is 26.1 Å². The molecule has 2 rings (SSSR count). The maximum atomic E-state index is 12.2. The second-order valence-corrected chi connectivity index (χ2v) is 5.21. The zero-order chi connectivity index (χ0) is 12.5. The Morgan fingerprint density at radius 3 is 3.06 bits per heavy atom. The summed E-state index contributed by atoms with van der Waals surface area (Å²) in [5.74, 6) is -0.0510. The monoisotopic (exact) mass is 255 g/mol. The summed E-state index contributed by atoms with van der Waals surface area (Å²) >= 11 is 5.93. The molecule has 2 heterocycles. The van der Waals surface area contributed by atoms with E-state index in [1.54, 1.807) is 12.3 Å². The lowest BCUT2D eigenvalue weighted by Gasteiger charge is -2.24. The first kappa shape index (κ1) is 12.5. The van der Waals surface area contributed by atoms with E-state index in [1.165, 1.54) is 0 Å². The zero-order valence-electron chi connectivity index (χ0n) is 10.2. The van der Waals surface area contributed by atoms with Crippen molar-refractivity contribution in [2.75, 3.05) is 13.1 Å². The fourth-order valence-electron chi connectivity index (χ4n) is 2.19. The number of aryl methyl sites for hydroxylation is 1. The van der Waals surface area contributed by atoms with Gasteiger partial charge < -0.3 is 15.2 Å². The molecule has 2 N–H and O–H groups in total. The fraction of sp³-hybridized carbons (Fsp3) is 0.583. The van der Waals surface area contributed by atoms with Gasteiger partial charge in [0.15, 0.2) is 0 Å². The van der Waals surface area contributed by atoms with Gasteiger partial charge in [0.2, 0.25) is 0 Å². The molecule has 94 valence electrons. The Morgan fingerprint density at radius 2 is 2.47 bits per heavy atom. The Bertz CT molecular complexity index is 421. The summed E-state index contributed by atoms with van der Waals surface area (Å²) in [6.45, 7) is 6.56. The molecule has 1 unspecified atom stereocenters. The van der Waals surface area contributed by atoms with Gasteiger partial charge in [0, 0.05) is 19.3 Å². The predicted octanol–water partition coefficient (Wildman–Crippen LogP) is 1.64. The Hall–Kier alpha value is -1.00. The van der Waals surface area contributed by atoms with Crippen LogP contribution in [0.1, 0.15) is 30.8 Å². The van der Waals surface area contributed by atoms with E-state index >= 15 is 0 Å². The molecule has 0 bridgehead atoms. The molecule has 1 atom stereocenters. The van der Waals surface area contributed by atoms with E-state index in [0.29, 0.717) is 10.7 Å². The Kier molecular flexibility index (Phi) is 3.45. The van der Waals surface area contributed by atoms with E-state index in [-0.39, 0.29) is 11.4 Å². The summed E-state index contributed by atoms with van der Waals surface area (Å²) < 4.78 is 1.86. The highest BCUT2D eigenvalue weighted by molar-refractivity contribution is 6.31. The highest BCUT2D eigenvalue weighted by Crippen LogP contribution is 2.17. The number of rotatable bonds is 3. The van der Waals surface area contributed by atoms with Crippen molar-refractivity contribution in [2.45, 2.75) is 32.4 Å². The van der Waals surface area contributed by atoms with Crippen LogP contribution in [0.2, 0.25) is 5.02 Å². The zero-order valence-corrected chi connectivity index (χ0v) is 11.0. The van der Waals surface area contributed by atoms with Crippen molar-refractivity contribution in [1.82, 2.24) is 15.2 Å². The van der Waals surface area contributed by atoms with Crippen LogP contribution < -0.4 is 10.6 Å². The predicted molar refractivity (Wildman–Crippen MR) is 68.5 cm³/mol. The first-order chi connectivity index (χ1) is 8.04. The molecule has 1 aliphatic rings. The minimum Gasteiger partial charge on any atom is -0.344 e. The first-order valence-electron chi connectivity index (χ1n) is 5.93. The normalized spacial score (nSPS) is 23.9. The number of nitrogens with one attached hydrogen (secondary N) is 2. The molecule has 1 aliphatic heterocycles. The molecule has 0 radical (unpaired) electrons. The van der Waals surface area contributed by atoms with Crippen LogP contribution in [0.5, 0.6) is 0 Å². The van der Waals surface area contributed by atoms with Gasteiger partial charge in [0.25, 0.3) is 5.91 Å². The van der Waals surface area contributed by atoms with Crippen LogP contribution in [-0.4, -0.2) is 29.1 Å². The average Bonchev–Trinajstić information content (AvgIpc) is 2.84. The fourth-order valence-corrected chi connectivity index (χ4v) is 2.41. The van der Waals surface area contributed by atoms with E-state index < -0.39 is 0 Å². The van der Waals surface area contributed by atoms with E-state index in [1.807, 2.05) is 11.5 Å². The van der Waals surface area contributed by atoms with Gasteiger partial charge in [-0.25, -0.2) is 0 Å². The van der Waals surface area contributed by atoms with Crippen LogP contribution in [0.4, 0.5) is 0 Å². The van der Waals surface area contributed by atoms with E-state index in [2.05, 4.69) is 17.6 Å². The molecule has 0 aliphatic carbocycles. The van der Waals surface area contributed by atoms with Crippen LogP contribution in [0.25, 0.3) is 0 Å². The molecule has 17 heavy (non-hydrogen) atoms. The lowest BCUT2D eigenvalue weighted by atomic mass is 10.0. The van der Waals surface area contributed by atoms with Gasteiger partial charge in [0.05, 0.1) is 10.6 Å². The Balaban J connectivity index is 2.13. The largest absolute Gasteiger partial charge is 0.344 e. The van der Waals surface area contributed by atoms with Crippen LogP contribution in [0.3, 0.4) is 0 Å². The smallest absolute Gasteiger partial charge is 0.268 e. The SMILES string of the molecule is CCn1cc(Cl)cc1C(=O)NC1(C)CCNC1. The van der Waals surface area contributed by atoms with Gasteiger partial charge in [-0.2, -0.15) is 0 Å². The second kappa shape index (κ2) is 4.70. The lowest BCUT2D eigenvalue weighted by Crippen LogP contribution is -2.47. The van der Waals surface area contributed by atoms with Gasteiger partial charge >= 0.3 is 0 Å². The summed E-state index contributed by atoms with van der Waals surface area (Å²) in [6.07, 6.45) is 2.74. The van der Waals surface area contributed by atoms with Gasteiger partial charge in [-0.3, -0.25) is 4.79 Å². The first-order valence-corrected chi connectivity index (χ1v) is 6.31. The molecule has 1 aromatic heterocycles. The van der Waals surface area contributed by atoms with Crippen molar-refractivity contribution in [3.63, 3.8) is 0 Å². The second-order valence-electron chi connectivity index (χ2n) is 4.77. The number of hydrogen-bond acceptors (Lipinski definition) is 2. The van der Waals surface area contributed by atoms with Crippen molar-refractivity contribution < 1.29 is 4.79 Å². The molecule has 5 heteroatoms. The summed E-state index contributed by atoms with van der Waals surface area (Å²) in [5.41, 5.74) is 0.484. The summed E-state index contributed by atoms with van der Waals surface area (Å²) in [5, 5.41) is 6.94. The third-order valence-corrected chi connectivity index (χ3v) is 3.43. The summed E-state index contributed by atoms with van der Waals surface area (Å²) in [7, 11) is 0. The topological polar surface area (TPSA) is 46.1 Å². The van der Waals surface area contributed by atoms with Gasteiger partial charge in [0.1, 0.15) is 5.69 Å². The highest BCUT2D eigenvalue weighted by atomic mass is 35.5. The van der Waals surface area contributed by atoms with Gasteiger partial charge in [-0.05, 0) is 32.9 Å². The Morgan fingerprint density at radius 1 is 1.71 bits per heavy atom. The molecule has 1 amide bonds. The van der Waals surface area contributed by atoms with Crippen molar-refractivity contribution >= 4 is 17.5 Å². The van der Waals surface area contributed by atoms with Crippen molar-refractivity contribution in [2.24, 2.45) is 0 Å². The molecule has 4 nitrogen and oxygen atoms in total. The van der Waals surface area contributed by atoms with Gasteiger partial charge in [-0.15, -0.1) is 0 Å². The number of hydrogen-bond donors (Lipinski definition) is 2. The Labute approximate surface area is 106 Å². The number of amides is 1. The van der Waals surface area contributed by atoms with Crippen molar-refractivity contribution in [1.29, 1.82) is 0 Å². The molecule has 0 saturated carbocycles. The van der Waals surface area contributed by atoms with Crippen LogP contribution in [0, 0.1) is 0 Å². The summed E-state index contributed by atoms with van der Waals surface area (Å²) in [4.78, 5) is 12.2. The number of halogens is 1.